The monoisotopic (exact) mass is 355 g/mol. The molecule has 2 N–H and O–H groups in total. The van der Waals surface area contributed by atoms with Crippen LogP contribution in [0.4, 0.5) is 0 Å². The van der Waals surface area contributed by atoms with Gasteiger partial charge in [-0.25, -0.2) is 7.84 Å². The van der Waals surface area contributed by atoms with Crippen molar-refractivity contribution in [2.45, 2.75) is 9.79 Å². The molecule has 120 valence electrons. The fourth-order valence-electron chi connectivity index (χ4n) is 3.20. The molecule has 0 saturated heterocycles. The maximum Gasteiger partial charge on any atom is 0.204 e. The highest BCUT2D eigenvalue weighted by molar-refractivity contribution is 8.05. The van der Waals surface area contributed by atoms with Crippen molar-refractivity contribution in [3.63, 3.8) is 0 Å². The van der Waals surface area contributed by atoms with Crippen LogP contribution in [0.1, 0.15) is 0 Å². The lowest BCUT2D eigenvalue weighted by molar-refractivity contribution is 0.617. The number of benzene rings is 3. The van der Waals surface area contributed by atoms with Crippen LogP contribution in [0.15, 0.2) is 76.5 Å². The average Bonchev–Trinajstić information content (AvgIpc) is 3.14. The number of aromatic nitrogens is 1. The second-order valence-electron chi connectivity index (χ2n) is 5.36. The quantitative estimate of drug-likeness (QED) is 0.485. The maximum absolute atomic E-state index is 12.3. The van der Waals surface area contributed by atoms with Gasteiger partial charge >= 0.3 is 0 Å². The van der Waals surface area contributed by atoms with Crippen molar-refractivity contribution in [2.75, 3.05) is 0 Å². The Morgan fingerprint density at radius 1 is 0.833 bits per heavy atom. The molecule has 24 heavy (non-hydrogen) atoms. The van der Waals surface area contributed by atoms with Crippen LogP contribution in [0.25, 0.3) is 27.5 Å². The van der Waals surface area contributed by atoms with Gasteiger partial charge in [0, 0.05) is 22.8 Å². The molecule has 5 rings (SSSR count). The Morgan fingerprint density at radius 2 is 1.46 bits per heavy atom. The summed E-state index contributed by atoms with van der Waals surface area (Å²) in [5, 5.41) is 2.39. The molecule has 1 unspecified atom stereocenters. The predicted octanol–water partition coefficient (Wildman–Crippen LogP) is 4.02. The van der Waals surface area contributed by atoms with Gasteiger partial charge in [0.2, 0.25) is 11.1 Å². The summed E-state index contributed by atoms with van der Waals surface area (Å²) in [6.07, 6.45) is 0. The van der Waals surface area contributed by atoms with E-state index in [4.69, 9.17) is 3.63 Å². The number of fused-ring (bicyclic) bond motifs is 4. The number of hydrogen-bond donors (Lipinski definition) is 0. The summed E-state index contributed by atoms with van der Waals surface area (Å²) in [5.74, 6) is 0. The molecule has 1 atom stereocenters. The molecule has 1 aliphatic rings. The van der Waals surface area contributed by atoms with Crippen LogP contribution in [-0.2, 0) is 14.7 Å². The average molecular weight is 355 g/mol. The lowest BCUT2D eigenvalue weighted by Crippen LogP contribution is -1.99. The van der Waals surface area contributed by atoms with Gasteiger partial charge in [-0.3, -0.25) is 0 Å². The van der Waals surface area contributed by atoms with Crippen molar-refractivity contribution >= 4 is 44.9 Å². The van der Waals surface area contributed by atoms with Gasteiger partial charge in [0.15, 0.2) is 0 Å². The van der Waals surface area contributed by atoms with E-state index in [1.165, 1.54) is 22.8 Å². The summed E-state index contributed by atoms with van der Waals surface area (Å²) in [4.78, 5) is 1.67. The van der Waals surface area contributed by atoms with Crippen LogP contribution in [0, 0.1) is 0 Å². The van der Waals surface area contributed by atoms with E-state index >= 15 is 0 Å². The van der Waals surface area contributed by atoms with Crippen LogP contribution >= 0.6 is 12.0 Å². The van der Waals surface area contributed by atoms with Crippen LogP contribution in [-0.4, -0.2) is 14.3 Å². The zero-order valence-corrected chi connectivity index (χ0v) is 14.1. The Kier molecular flexibility index (Phi) is 3.69. The molecule has 6 heteroatoms. The third-order valence-electron chi connectivity index (χ3n) is 4.13. The molecule has 0 fully saturated rings. The first-order valence-electron chi connectivity index (χ1n) is 7.23. The van der Waals surface area contributed by atoms with Gasteiger partial charge in [0.25, 0.3) is 0 Å². The van der Waals surface area contributed by atoms with Gasteiger partial charge in [0.05, 0.1) is 21.6 Å². The molecule has 1 aromatic heterocycles. The second kappa shape index (κ2) is 5.75. The molecular weight excluding hydrogens is 342 g/mol. The van der Waals surface area contributed by atoms with Crippen molar-refractivity contribution in [3.05, 3.63) is 66.7 Å². The third kappa shape index (κ3) is 2.04. The molecule has 3 aromatic carbocycles. The van der Waals surface area contributed by atoms with Crippen LogP contribution in [0.5, 0.6) is 0 Å². The lowest BCUT2D eigenvalue weighted by atomic mass is 10.2. The summed E-state index contributed by atoms with van der Waals surface area (Å²) in [5.41, 5.74) is 3.13. The Hall–Kier alpha value is -2.12. The lowest BCUT2D eigenvalue weighted by Gasteiger charge is -2.10. The largest absolute Gasteiger partial charge is 0.412 e. The Labute approximate surface area is 145 Å². The van der Waals surface area contributed by atoms with Gasteiger partial charge in [-0.05, 0) is 24.3 Å². The molecule has 4 aromatic rings. The van der Waals surface area contributed by atoms with E-state index in [0.29, 0.717) is 0 Å². The minimum absolute atomic E-state index is 0. The first-order chi connectivity index (χ1) is 11.3. The van der Waals surface area contributed by atoms with Crippen LogP contribution in [0.3, 0.4) is 0 Å². The summed E-state index contributed by atoms with van der Waals surface area (Å²) >= 11 is -0.253. The summed E-state index contributed by atoms with van der Waals surface area (Å²) in [6, 6.07) is 22.5. The van der Waals surface area contributed by atoms with Crippen molar-refractivity contribution in [1.29, 1.82) is 0 Å². The molecule has 0 aliphatic carbocycles. The van der Waals surface area contributed by atoms with Gasteiger partial charge in [-0.1, -0.05) is 42.5 Å². The molecule has 0 spiro atoms. The highest BCUT2D eigenvalue weighted by Gasteiger charge is 2.26. The Morgan fingerprint density at radius 3 is 2.12 bits per heavy atom. The smallest absolute Gasteiger partial charge is 0.204 e. The molecule has 4 nitrogen and oxygen atoms in total. The first-order valence-corrected chi connectivity index (χ1v) is 9.04. The highest BCUT2D eigenvalue weighted by atomic mass is 32.3. The topological polar surface area (TPSA) is 62.7 Å². The van der Waals surface area contributed by atoms with Crippen LogP contribution < -0.4 is 0 Å². The van der Waals surface area contributed by atoms with Gasteiger partial charge < -0.3 is 10.0 Å². The molecule has 2 heterocycles. The zero-order valence-electron chi connectivity index (χ0n) is 12.4. The van der Waals surface area contributed by atoms with E-state index < -0.39 is 11.1 Å². The molecule has 0 bridgehead atoms. The standard InChI is InChI=1S/C18H11NO2S2.H2O/c20-23-18-16(10-5-11-17(18)22-21-23)19-14-8-3-1-6-12(14)13-7-2-4-9-15(13)19;/h1-11H;1H2. The normalized spacial score (nSPS) is 16.2. The zero-order chi connectivity index (χ0) is 15.4. The van der Waals surface area contributed by atoms with E-state index in [-0.39, 0.29) is 5.48 Å². The molecule has 0 amide bonds. The number of hydrogen-bond acceptors (Lipinski definition) is 3. The molecule has 0 radical (unpaired) electrons. The first kappa shape index (κ1) is 15.4. The van der Waals surface area contributed by atoms with E-state index in [1.807, 2.05) is 42.5 Å². The van der Waals surface area contributed by atoms with Crippen molar-refractivity contribution < 1.29 is 13.3 Å². The number of rotatable bonds is 1. The van der Waals surface area contributed by atoms with Gasteiger partial charge in [-0.2, -0.15) is 0 Å². The van der Waals surface area contributed by atoms with E-state index in [9.17, 15) is 4.21 Å². The van der Waals surface area contributed by atoms with E-state index in [1.54, 1.807) is 0 Å². The summed E-state index contributed by atoms with van der Waals surface area (Å²) in [6.45, 7) is 0. The minimum Gasteiger partial charge on any atom is -0.412 e. The summed E-state index contributed by atoms with van der Waals surface area (Å²) in [7, 11) is 0. The fourth-order valence-corrected chi connectivity index (χ4v) is 5.19. The number of nitrogens with zero attached hydrogens (tertiary/aromatic N) is 1. The van der Waals surface area contributed by atoms with E-state index in [0.717, 1.165) is 26.5 Å². The summed E-state index contributed by atoms with van der Waals surface area (Å²) < 4.78 is 19.7. The van der Waals surface area contributed by atoms with Crippen LogP contribution in [0.2, 0.25) is 0 Å². The van der Waals surface area contributed by atoms with Crippen molar-refractivity contribution in [3.8, 4) is 5.69 Å². The fraction of sp³-hybridized carbons (Fsp3) is 0. The minimum atomic E-state index is -1.44. The SMILES string of the molecule is O.O=S1OSc2cccc(-n3c4ccccc4c4ccccc43)c21. The van der Waals surface area contributed by atoms with Crippen molar-refractivity contribution in [1.82, 2.24) is 4.57 Å². The van der Waals surface area contributed by atoms with E-state index in [2.05, 4.69) is 28.8 Å². The molecular formula is C18H13NO3S2. The molecule has 0 saturated carbocycles. The number of para-hydroxylation sites is 2. The van der Waals surface area contributed by atoms with Gasteiger partial charge in [0.1, 0.15) is 4.90 Å². The van der Waals surface area contributed by atoms with Crippen molar-refractivity contribution in [2.24, 2.45) is 0 Å². The van der Waals surface area contributed by atoms with Gasteiger partial charge in [-0.15, -0.1) is 0 Å². The molecule has 1 aliphatic heterocycles. The highest BCUT2D eigenvalue weighted by Crippen LogP contribution is 2.42. The second-order valence-corrected chi connectivity index (χ2v) is 7.39. The predicted molar refractivity (Wildman–Crippen MR) is 97.7 cm³/mol. The third-order valence-corrected chi connectivity index (χ3v) is 6.31. The Bertz CT molecular complexity index is 1050. The Balaban J connectivity index is 0.00000146. The maximum atomic E-state index is 12.3.